The van der Waals surface area contributed by atoms with Crippen molar-refractivity contribution in [3.8, 4) is 0 Å². The van der Waals surface area contributed by atoms with Crippen LogP contribution in [0.25, 0.3) is 0 Å². The maximum atomic E-state index is 12.0. The molecule has 0 atom stereocenters. The molecule has 19 heavy (non-hydrogen) atoms. The minimum Gasteiger partial charge on any atom is -0.370 e. The minimum atomic E-state index is -0.132. The first-order chi connectivity index (χ1) is 9.29. The number of carbonyl (C=O) groups is 1. The number of amides is 1. The lowest BCUT2D eigenvalue weighted by Crippen LogP contribution is -2.23. The monoisotopic (exact) mass is 256 g/mol. The molecule has 98 valence electrons. The first-order valence-corrected chi connectivity index (χ1v) is 6.17. The van der Waals surface area contributed by atoms with Gasteiger partial charge in [0.05, 0.1) is 12.2 Å². The van der Waals surface area contributed by atoms with Gasteiger partial charge < -0.3 is 10.6 Å². The van der Waals surface area contributed by atoms with Gasteiger partial charge in [-0.25, -0.2) is 4.98 Å². The van der Waals surface area contributed by atoms with Crippen LogP contribution in [0.5, 0.6) is 0 Å². The first-order valence-electron chi connectivity index (χ1n) is 6.17. The summed E-state index contributed by atoms with van der Waals surface area (Å²) >= 11 is 0. The van der Waals surface area contributed by atoms with Crippen molar-refractivity contribution in [3.63, 3.8) is 0 Å². The van der Waals surface area contributed by atoms with E-state index in [1.165, 1.54) is 0 Å². The summed E-state index contributed by atoms with van der Waals surface area (Å²) in [4.78, 5) is 20.3. The van der Waals surface area contributed by atoms with Crippen molar-refractivity contribution in [2.24, 2.45) is 0 Å². The van der Waals surface area contributed by atoms with Crippen molar-refractivity contribution in [2.75, 3.05) is 11.9 Å². The zero-order valence-corrected chi connectivity index (χ0v) is 10.8. The fraction of sp³-hybridized carbons (Fsp3) is 0.214. The third kappa shape index (κ3) is 3.77. The van der Waals surface area contributed by atoms with Gasteiger partial charge in [-0.1, -0.05) is 6.07 Å². The molecule has 0 aliphatic carbocycles. The standard InChI is InChI=1S/C14H16N4O/c1-2-15-13-9-11(6-8-17-13)14(19)18-10-12-5-3-4-7-16-12/h3-9H,2,10H2,1H3,(H,15,17)(H,18,19). The second kappa shape index (κ2) is 6.49. The molecular formula is C14H16N4O. The molecule has 5 nitrogen and oxygen atoms in total. The van der Waals surface area contributed by atoms with Crippen molar-refractivity contribution in [1.29, 1.82) is 0 Å². The minimum absolute atomic E-state index is 0.132. The summed E-state index contributed by atoms with van der Waals surface area (Å²) in [6, 6.07) is 9.03. The molecular weight excluding hydrogens is 240 g/mol. The Balaban J connectivity index is 1.98. The number of nitrogens with one attached hydrogen (secondary N) is 2. The van der Waals surface area contributed by atoms with Crippen LogP contribution in [0.2, 0.25) is 0 Å². The largest absolute Gasteiger partial charge is 0.370 e. The van der Waals surface area contributed by atoms with Crippen LogP contribution in [0.3, 0.4) is 0 Å². The van der Waals surface area contributed by atoms with E-state index in [1.807, 2.05) is 25.1 Å². The number of aromatic nitrogens is 2. The molecule has 0 fully saturated rings. The molecule has 2 aromatic heterocycles. The van der Waals surface area contributed by atoms with Crippen LogP contribution in [0.1, 0.15) is 23.0 Å². The Kier molecular flexibility index (Phi) is 4.44. The van der Waals surface area contributed by atoms with E-state index in [-0.39, 0.29) is 5.91 Å². The highest BCUT2D eigenvalue weighted by Crippen LogP contribution is 2.06. The van der Waals surface area contributed by atoms with Crippen LogP contribution in [0, 0.1) is 0 Å². The van der Waals surface area contributed by atoms with Gasteiger partial charge in [0.25, 0.3) is 5.91 Å². The normalized spacial score (nSPS) is 9.95. The van der Waals surface area contributed by atoms with Gasteiger partial charge in [-0.15, -0.1) is 0 Å². The van der Waals surface area contributed by atoms with Crippen molar-refractivity contribution in [2.45, 2.75) is 13.5 Å². The lowest BCUT2D eigenvalue weighted by atomic mass is 10.2. The maximum Gasteiger partial charge on any atom is 0.251 e. The molecule has 0 saturated carbocycles. The van der Waals surface area contributed by atoms with Crippen molar-refractivity contribution >= 4 is 11.7 Å². The van der Waals surface area contributed by atoms with E-state index >= 15 is 0 Å². The number of nitrogens with zero attached hydrogens (tertiary/aromatic N) is 2. The van der Waals surface area contributed by atoms with Gasteiger partial charge in [-0.3, -0.25) is 9.78 Å². The van der Waals surface area contributed by atoms with Gasteiger partial charge in [0.2, 0.25) is 0 Å². The average Bonchev–Trinajstić information content (AvgIpc) is 2.46. The van der Waals surface area contributed by atoms with Gasteiger partial charge in [0.1, 0.15) is 5.82 Å². The first kappa shape index (κ1) is 13.0. The molecule has 1 amide bonds. The molecule has 0 saturated heterocycles. The number of rotatable bonds is 5. The van der Waals surface area contributed by atoms with Gasteiger partial charge in [-0.2, -0.15) is 0 Å². The highest BCUT2D eigenvalue weighted by atomic mass is 16.1. The van der Waals surface area contributed by atoms with E-state index in [4.69, 9.17) is 0 Å². The summed E-state index contributed by atoms with van der Waals surface area (Å²) in [5.41, 5.74) is 1.42. The lowest BCUT2D eigenvalue weighted by Gasteiger charge is -2.06. The Morgan fingerprint density at radius 2 is 2.11 bits per heavy atom. The zero-order valence-electron chi connectivity index (χ0n) is 10.8. The molecule has 0 bridgehead atoms. The van der Waals surface area contributed by atoms with Crippen molar-refractivity contribution in [3.05, 3.63) is 54.0 Å². The summed E-state index contributed by atoms with van der Waals surface area (Å²) in [6.07, 6.45) is 3.32. The molecule has 0 radical (unpaired) electrons. The highest BCUT2D eigenvalue weighted by molar-refractivity contribution is 5.94. The van der Waals surface area contributed by atoms with Gasteiger partial charge in [0.15, 0.2) is 0 Å². The number of carbonyl (C=O) groups excluding carboxylic acids is 1. The predicted molar refractivity (Wildman–Crippen MR) is 73.8 cm³/mol. The highest BCUT2D eigenvalue weighted by Gasteiger charge is 2.06. The predicted octanol–water partition coefficient (Wildman–Crippen LogP) is 1.84. The fourth-order valence-corrected chi connectivity index (χ4v) is 1.63. The van der Waals surface area contributed by atoms with E-state index in [9.17, 15) is 4.79 Å². The molecule has 0 spiro atoms. The molecule has 2 N–H and O–H groups in total. The average molecular weight is 256 g/mol. The van der Waals surface area contributed by atoms with E-state index < -0.39 is 0 Å². The Hall–Kier alpha value is -2.43. The van der Waals surface area contributed by atoms with Crippen LogP contribution in [0.4, 0.5) is 5.82 Å². The number of pyridine rings is 2. The quantitative estimate of drug-likeness (QED) is 0.856. The Bertz CT molecular complexity index is 542. The Labute approximate surface area is 112 Å². The second-order valence-corrected chi connectivity index (χ2v) is 3.96. The topological polar surface area (TPSA) is 66.9 Å². The Morgan fingerprint density at radius 1 is 1.21 bits per heavy atom. The molecule has 5 heteroatoms. The number of hydrogen-bond donors (Lipinski definition) is 2. The third-order valence-electron chi connectivity index (χ3n) is 2.54. The van der Waals surface area contributed by atoms with E-state index in [2.05, 4.69) is 20.6 Å². The molecule has 2 rings (SSSR count). The SMILES string of the molecule is CCNc1cc(C(=O)NCc2ccccn2)ccn1. The lowest BCUT2D eigenvalue weighted by molar-refractivity contribution is 0.0950. The molecule has 0 aliphatic heterocycles. The zero-order chi connectivity index (χ0) is 13.5. The molecule has 2 heterocycles. The summed E-state index contributed by atoms with van der Waals surface area (Å²) < 4.78 is 0. The van der Waals surface area contributed by atoms with E-state index in [0.29, 0.717) is 17.9 Å². The molecule has 0 aliphatic rings. The van der Waals surface area contributed by atoms with E-state index in [0.717, 1.165) is 12.2 Å². The van der Waals surface area contributed by atoms with Crippen LogP contribution < -0.4 is 10.6 Å². The van der Waals surface area contributed by atoms with Gasteiger partial charge in [0, 0.05) is 24.5 Å². The number of anilines is 1. The smallest absolute Gasteiger partial charge is 0.251 e. The fourth-order valence-electron chi connectivity index (χ4n) is 1.63. The van der Waals surface area contributed by atoms with E-state index in [1.54, 1.807) is 24.5 Å². The van der Waals surface area contributed by atoms with Crippen LogP contribution >= 0.6 is 0 Å². The third-order valence-corrected chi connectivity index (χ3v) is 2.54. The second-order valence-electron chi connectivity index (χ2n) is 3.96. The summed E-state index contributed by atoms with van der Waals surface area (Å²) in [7, 11) is 0. The molecule has 0 aromatic carbocycles. The molecule has 0 unspecified atom stereocenters. The van der Waals surface area contributed by atoms with Crippen LogP contribution in [-0.2, 0) is 6.54 Å². The van der Waals surface area contributed by atoms with Gasteiger partial charge >= 0.3 is 0 Å². The van der Waals surface area contributed by atoms with Crippen molar-refractivity contribution in [1.82, 2.24) is 15.3 Å². The Morgan fingerprint density at radius 3 is 2.84 bits per heavy atom. The van der Waals surface area contributed by atoms with Crippen LogP contribution in [-0.4, -0.2) is 22.4 Å². The maximum absolute atomic E-state index is 12.0. The summed E-state index contributed by atoms with van der Waals surface area (Å²) in [5.74, 6) is 0.570. The van der Waals surface area contributed by atoms with Crippen molar-refractivity contribution < 1.29 is 4.79 Å². The summed E-state index contributed by atoms with van der Waals surface area (Å²) in [6.45, 7) is 3.17. The number of hydrogen-bond acceptors (Lipinski definition) is 4. The van der Waals surface area contributed by atoms with Gasteiger partial charge in [-0.05, 0) is 31.2 Å². The van der Waals surface area contributed by atoms with Crippen LogP contribution in [0.15, 0.2) is 42.7 Å². The summed E-state index contributed by atoms with van der Waals surface area (Å²) in [5, 5.41) is 5.90. The molecule has 2 aromatic rings.